The minimum atomic E-state index is -0.524. The lowest BCUT2D eigenvalue weighted by Gasteiger charge is -2.14. The van der Waals surface area contributed by atoms with Crippen LogP contribution in [0.4, 0.5) is 0 Å². The van der Waals surface area contributed by atoms with Crippen LogP contribution in [-0.2, 0) is 6.61 Å². The number of aryl methyl sites for hydroxylation is 1. The van der Waals surface area contributed by atoms with Gasteiger partial charge in [-0.25, -0.2) is 0 Å². The Morgan fingerprint density at radius 1 is 1.00 bits per heavy atom. The van der Waals surface area contributed by atoms with Crippen LogP contribution >= 0.6 is 0 Å². The lowest BCUT2D eigenvalue weighted by Crippen LogP contribution is -2.01. The van der Waals surface area contributed by atoms with Crippen molar-refractivity contribution in [2.75, 3.05) is 0 Å². The maximum absolute atomic E-state index is 9.81. The second kappa shape index (κ2) is 6.77. The first-order chi connectivity index (χ1) is 9.97. The Balaban J connectivity index is 2.10. The van der Waals surface area contributed by atoms with Gasteiger partial charge in [0.05, 0.1) is 6.10 Å². The van der Waals surface area contributed by atoms with Crippen molar-refractivity contribution in [3.8, 4) is 5.75 Å². The zero-order chi connectivity index (χ0) is 15.4. The highest BCUT2D eigenvalue weighted by Crippen LogP contribution is 2.27. The Kier molecular flexibility index (Phi) is 5.03. The van der Waals surface area contributed by atoms with Crippen molar-refractivity contribution < 1.29 is 9.84 Å². The van der Waals surface area contributed by atoms with Gasteiger partial charge in [-0.15, -0.1) is 0 Å². The molecule has 2 aromatic rings. The molecule has 0 saturated carbocycles. The molecule has 0 bridgehead atoms. The molecule has 0 aromatic heterocycles. The van der Waals surface area contributed by atoms with Gasteiger partial charge in [0, 0.05) is 5.56 Å². The molecule has 2 nitrogen and oxygen atoms in total. The molecule has 0 aliphatic heterocycles. The van der Waals surface area contributed by atoms with Gasteiger partial charge in [0.15, 0.2) is 0 Å². The lowest BCUT2D eigenvalue weighted by molar-refractivity contribution is 0.190. The summed E-state index contributed by atoms with van der Waals surface area (Å²) >= 11 is 0. The van der Waals surface area contributed by atoms with Crippen LogP contribution in [0, 0.1) is 6.92 Å². The third-order valence-corrected chi connectivity index (χ3v) is 3.66. The van der Waals surface area contributed by atoms with E-state index in [1.807, 2.05) is 25.1 Å². The summed E-state index contributed by atoms with van der Waals surface area (Å²) in [6, 6.07) is 14.4. The fourth-order valence-corrected chi connectivity index (χ4v) is 2.27. The molecule has 21 heavy (non-hydrogen) atoms. The van der Waals surface area contributed by atoms with Crippen molar-refractivity contribution >= 4 is 0 Å². The van der Waals surface area contributed by atoms with Gasteiger partial charge in [-0.1, -0.05) is 50.2 Å². The van der Waals surface area contributed by atoms with Crippen molar-refractivity contribution in [3.05, 3.63) is 64.7 Å². The largest absolute Gasteiger partial charge is 0.489 e. The summed E-state index contributed by atoms with van der Waals surface area (Å²) in [5.74, 6) is 1.30. The summed E-state index contributed by atoms with van der Waals surface area (Å²) in [6.07, 6.45) is -0.524. The molecular weight excluding hydrogens is 260 g/mol. The first-order valence-electron chi connectivity index (χ1n) is 7.47. The summed E-state index contributed by atoms with van der Waals surface area (Å²) in [7, 11) is 0. The van der Waals surface area contributed by atoms with E-state index in [9.17, 15) is 5.11 Å². The van der Waals surface area contributed by atoms with E-state index >= 15 is 0 Å². The van der Waals surface area contributed by atoms with Crippen LogP contribution in [0.25, 0.3) is 0 Å². The van der Waals surface area contributed by atoms with E-state index in [0.717, 1.165) is 22.4 Å². The minimum absolute atomic E-state index is 0.515. The van der Waals surface area contributed by atoms with Crippen molar-refractivity contribution in [1.29, 1.82) is 0 Å². The number of ether oxygens (including phenoxy) is 1. The molecule has 2 heteroatoms. The summed E-state index contributed by atoms with van der Waals surface area (Å²) in [5, 5.41) is 9.81. The molecule has 0 radical (unpaired) electrons. The normalized spacial score (nSPS) is 12.5. The minimum Gasteiger partial charge on any atom is -0.489 e. The van der Waals surface area contributed by atoms with Crippen LogP contribution in [0.2, 0.25) is 0 Å². The number of aliphatic hydroxyl groups excluding tert-OH is 1. The standard InChI is InChI=1S/C19H24O2/c1-13(2)17-8-6-16(7-9-17)12-21-19-11-14(3)5-10-18(19)15(4)20/h5-11,13,15,20H,12H2,1-4H3. The fourth-order valence-electron chi connectivity index (χ4n) is 2.27. The number of benzene rings is 2. The Morgan fingerprint density at radius 2 is 1.67 bits per heavy atom. The summed E-state index contributed by atoms with van der Waals surface area (Å²) < 4.78 is 5.91. The van der Waals surface area contributed by atoms with Gasteiger partial charge < -0.3 is 9.84 Å². The smallest absolute Gasteiger partial charge is 0.125 e. The average Bonchev–Trinajstić information content (AvgIpc) is 2.45. The predicted octanol–water partition coefficient (Wildman–Crippen LogP) is 4.75. The lowest BCUT2D eigenvalue weighted by atomic mass is 10.0. The number of hydrogen-bond acceptors (Lipinski definition) is 2. The zero-order valence-electron chi connectivity index (χ0n) is 13.3. The van der Waals surface area contributed by atoms with Crippen LogP contribution in [0.15, 0.2) is 42.5 Å². The van der Waals surface area contributed by atoms with Gasteiger partial charge >= 0.3 is 0 Å². The Morgan fingerprint density at radius 3 is 2.24 bits per heavy atom. The topological polar surface area (TPSA) is 29.5 Å². The van der Waals surface area contributed by atoms with E-state index in [2.05, 4.69) is 38.1 Å². The molecule has 1 N–H and O–H groups in total. The number of rotatable bonds is 5. The van der Waals surface area contributed by atoms with Crippen molar-refractivity contribution in [2.45, 2.75) is 46.3 Å². The summed E-state index contributed by atoms with van der Waals surface area (Å²) in [4.78, 5) is 0. The summed E-state index contributed by atoms with van der Waals surface area (Å²) in [5.41, 5.74) is 4.43. The monoisotopic (exact) mass is 284 g/mol. The molecule has 0 aliphatic carbocycles. The van der Waals surface area contributed by atoms with Gasteiger partial charge in [0.1, 0.15) is 12.4 Å². The van der Waals surface area contributed by atoms with Crippen LogP contribution in [0.1, 0.15) is 55.0 Å². The highest BCUT2D eigenvalue weighted by Gasteiger charge is 2.09. The molecule has 0 saturated heterocycles. The van der Waals surface area contributed by atoms with E-state index in [4.69, 9.17) is 4.74 Å². The second-order valence-electron chi connectivity index (χ2n) is 5.90. The van der Waals surface area contributed by atoms with E-state index in [1.165, 1.54) is 5.56 Å². The van der Waals surface area contributed by atoms with Crippen molar-refractivity contribution in [1.82, 2.24) is 0 Å². The molecule has 0 amide bonds. The SMILES string of the molecule is Cc1ccc(C(C)O)c(OCc2ccc(C(C)C)cc2)c1. The Hall–Kier alpha value is -1.80. The van der Waals surface area contributed by atoms with E-state index in [1.54, 1.807) is 6.92 Å². The maximum Gasteiger partial charge on any atom is 0.125 e. The van der Waals surface area contributed by atoms with Gasteiger partial charge in [0.25, 0.3) is 0 Å². The molecule has 2 rings (SSSR count). The molecular formula is C19H24O2. The van der Waals surface area contributed by atoms with E-state index in [0.29, 0.717) is 12.5 Å². The second-order valence-corrected chi connectivity index (χ2v) is 5.90. The highest BCUT2D eigenvalue weighted by atomic mass is 16.5. The first-order valence-corrected chi connectivity index (χ1v) is 7.47. The van der Waals surface area contributed by atoms with Crippen LogP contribution in [0.3, 0.4) is 0 Å². The van der Waals surface area contributed by atoms with Gasteiger partial charge in [-0.3, -0.25) is 0 Å². The van der Waals surface area contributed by atoms with Crippen molar-refractivity contribution in [3.63, 3.8) is 0 Å². The quantitative estimate of drug-likeness (QED) is 0.858. The molecule has 2 aromatic carbocycles. The van der Waals surface area contributed by atoms with E-state index in [-0.39, 0.29) is 0 Å². The van der Waals surface area contributed by atoms with Crippen LogP contribution in [-0.4, -0.2) is 5.11 Å². The van der Waals surface area contributed by atoms with Gasteiger partial charge in [-0.2, -0.15) is 0 Å². The van der Waals surface area contributed by atoms with Crippen molar-refractivity contribution in [2.24, 2.45) is 0 Å². The number of hydrogen-bond donors (Lipinski definition) is 1. The molecule has 0 heterocycles. The third-order valence-electron chi connectivity index (χ3n) is 3.66. The Labute approximate surface area is 127 Å². The fraction of sp³-hybridized carbons (Fsp3) is 0.368. The average molecular weight is 284 g/mol. The zero-order valence-corrected chi connectivity index (χ0v) is 13.3. The molecule has 0 fully saturated rings. The first kappa shape index (κ1) is 15.6. The summed E-state index contributed by atoms with van der Waals surface area (Å²) in [6.45, 7) is 8.67. The predicted molar refractivity (Wildman–Crippen MR) is 86.7 cm³/mol. The van der Waals surface area contributed by atoms with Gasteiger partial charge in [-0.05, 0) is 42.5 Å². The highest BCUT2D eigenvalue weighted by molar-refractivity contribution is 5.38. The molecule has 0 aliphatic rings. The van der Waals surface area contributed by atoms with Crippen LogP contribution in [0.5, 0.6) is 5.75 Å². The molecule has 112 valence electrons. The molecule has 1 atom stereocenters. The van der Waals surface area contributed by atoms with Gasteiger partial charge in [0.2, 0.25) is 0 Å². The maximum atomic E-state index is 9.81. The number of aliphatic hydroxyl groups is 1. The molecule has 0 spiro atoms. The Bertz CT molecular complexity index is 583. The van der Waals surface area contributed by atoms with E-state index < -0.39 is 6.10 Å². The third kappa shape index (κ3) is 4.08. The van der Waals surface area contributed by atoms with Crippen LogP contribution < -0.4 is 4.74 Å². The molecule has 1 unspecified atom stereocenters.